The van der Waals surface area contributed by atoms with Gasteiger partial charge in [0.2, 0.25) is 0 Å². The summed E-state index contributed by atoms with van der Waals surface area (Å²) in [7, 11) is 0. The first-order chi connectivity index (χ1) is 7.31. The largest absolute Gasteiger partial charge is 0.394 e. The fourth-order valence-corrected chi connectivity index (χ4v) is 2.94. The van der Waals surface area contributed by atoms with Crippen LogP contribution in [0.1, 0.15) is 13.3 Å². The first-order valence-corrected chi connectivity index (χ1v) is 6.28. The summed E-state index contributed by atoms with van der Waals surface area (Å²) in [4.78, 5) is 10.4. The zero-order valence-electron chi connectivity index (χ0n) is 8.89. The summed E-state index contributed by atoms with van der Waals surface area (Å²) >= 11 is 2.04. The van der Waals surface area contributed by atoms with Crippen molar-refractivity contribution in [3.63, 3.8) is 0 Å². The average molecular weight is 224 g/mol. The zero-order chi connectivity index (χ0) is 10.7. The lowest BCUT2D eigenvalue weighted by atomic mass is 10.3. The molecule has 15 heavy (non-hydrogen) atoms. The molecule has 0 radical (unpaired) electrons. The summed E-state index contributed by atoms with van der Waals surface area (Å²) in [5.41, 5.74) is 6.54. The Bertz CT molecular complexity index is 331. The van der Waals surface area contributed by atoms with Crippen molar-refractivity contribution in [2.45, 2.75) is 18.6 Å². The van der Waals surface area contributed by atoms with Crippen LogP contribution < -0.4 is 10.6 Å². The lowest BCUT2D eigenvalue weighted by Gasteiger charge is -2.33. The zero-order valence-corrected chi connectivity index (χ0v) is 9.70. The molecule has 1 saturated heterocycles. The first kappa shape index (κ1) is 10.5. The molecule has 0 aliphatic carbocycles. The van der Waals surface area contributed by atoms with Crippen LogP contribution in [0.4, 0.5) is 11.5 Å². The second kappa shape index (κ2) is 4.70. The first-order valence-electron chi connectivity index (χ1n) is 5.23. The second-order valence-corrected chi connectivity index (χ2v) is 5.06. The number of anilines is 2. The van der Waals surface area contributed by atoms with Gasteiger partial charge >= 0.3 is 0 Å². The lowest BCUT2D eigenvalue weighted by molar-refractivity contribution is 0.720. The van der Waals surface area contributed by atoms with Crippen LogP contribution in [0.25, 0.3) is 0 Å². The number of nitrogens with zero attached hydrogens (tertiary/aromatic N) is 3. The van der Waals surface area contributed by atoms with Crippen LogP contribution in [0.2, 0.25) is 0 Å². The molecule has 1 aliphatic heterocycles. The Morgan fingerprint density at radius 1 is 1.67 bits per heavy atom. The third-order valence-electron chi connectivity index (χ3n) is 2.61. The number of hydrogen-bond acceptors (Lipinski definition) is 5. The molecule has 0 spiro atoms. The second-order valence-electron chi connectivity index (χ2n) is 3.65. The van der Waals surface area contributed by atoms with Gasteiger partial charge in [-0.2, -0.15) is 11.8 Å². The topological polar surface area (TPSA) is 55.0 Å². The Morgan fingerprint density at radius 2 is 2.53 bits per heavy atom. The maximum Gasteiger partial charge on any atom is 0.155 e. The van der Waals surface area contributed by atoms with Gasteiger partial charge in [-0.05, 0) is 6.42 Å². The minimum absolute atomic E-state index is 0.680. The van der Waals surface area contributed by atoms with Gasteiger partial charge in [-0.25, -0.2) is 9.97 Å². The normalized spacial score (nSPS) is 21.7. The van der Waals surface area contributed by atoms with Crippen LogP contribution in [0.5, 0.6) is 0 Å². The van der Waals surface area contributed by atoms with E-state index in [2.05, 4.69) is 21.8 Å². The Morgan fingerprint density at radius 3 is 3.27 bits per heavy atom. The van der Waals surface area contributed by atoms with E-state index in [0.29, 0.717) is 10.9 Å². The van der Waals surface area contributed by atoms with Gasteiger partial charge in [0, 0.05) is 24.1 Å². The highest BCUT2D eigenvalue weighted by molar-refractivity contribution is 8.00. The number of thioether (sulfide) groups is 1. The predicted octanol–water partition coefficient (Wildman–Crippen LogP) is 1.39. The summed E-state index contributed by atoms with van der Waals surface area (Å²) in [6.07, 6.45) is 4.44. The molecule has 1 aliphatic rings. The van der Waals surface area contributed by atoms with Crippen LogP contribution in [0, 0.1) is 0 Å². The van der Waals surface area contributed by atoms with Gasteiger partial charge in [0.1, 0.15) is 6.33 Å². The molecule has 0 saturated carbocycles. The molecular formula is C10H16N4S. The fraction of sp³-hybridized carbons (Fsp3) is 0.600. The van der Waals surface area contributed by atoms with Crippen LogP contribution >= 0.6 is 11.8 Å². The third-order valence-corrected chi connectivity index (χ3v) is 3.98. The van der Waals surface area contributed by atoms with Gasteiger partial charge in [0.05, 0.1) is 11.9 Å². The minimum atomic E-state index is 0.680. The molecule has 2 N–H and O–H groups in total. The van der Waals surface area contributed by atoms with E-state index < -0.39 is 0 Å². The fourth-order valence-electron chi connectivity index (χ4n) is 1.76. The summed E-state index contributed by atoms with van der Waals surface area (Å²) in [6, 6.07) is 0. The number of nitrogen functional groups attached to an aromatic ring is 1. The Hall–Kier alpha value is -0.970. The van der Waals surface area contributed by atoms with Crippen LogP contribution in [-0.4, -0.2) is 34.1 Å². The molecule has 0 amide bonds. The van der Waals surface area contributed by atoms with E-state index in [1.54, 1.807) is 12.5 Å². The quantitative estimate of drug-likeness (QED) is 0.822. The maximum atomic E-state index is 5.86. The predicted molar refractivity (Wildman–Crippen MR) is 65.2 cm³/mol. The van der Waals surface area contributed by atoms with E-state index in [1.165, 1.54) is 6.42 Å². The third kappa shape index (κ3) is 2.34. The summed E-state index contributed by atoms with van der Waals surface area (Å²) in [5, 5.41) is 0.702. The smallest absolute Gasteiger partial charge is 0.155 e. The van der Waals surface area contributed by atoms with Crippen molar-refractivity contribution in [3.05, 3.63) is 12.5 Å². The molecule has 1 unspecified atom stereocenters. The van der Waals surface area contributed by atoms with Gasteiger partial charge in [0.15, 0.2) is 5.82 Å². The molecule has 1 atom stereocenters. The average Bonchev–Trinajstić information content (AvgIpc) is 2.30. The molecule has 1 aromatic heterocycles. The van der Waals surface area contributed by atoms with Crippen molar-refractivity contribution in [2.75, 3.05) is 29.5 Å². The lowest BCUT2D eigenvalue weighted by Crippen LogP contribution is -2.38. The van der Waals surface area contributed by atoms with Crippen molar-refractivity contribution < 1.29 is 0 Å². The van der Waals surface area contributed by atoms with E-state index in [1.807, 2.05) is 11.8 Å². The van der Waals surface area contributed by atoms with E-state index in [-0.39, 0.29) is 0 Å². The molecule has 1 fully saturated rings. The highest BCUT2D eigenvalue weighted by Gasteiger charge is 2.21. The molecule has 2 rings (SSSR count). The van der Waals surface area contributed by atoms with Gasteiger partial charge in [-0.3, -0.25) is 0 Å². The van der Waals surface area contributed by atoms with Crippen LogP contribution in [0.15, 0.2) is 12.5 Å². The van der Waals surface area contributed by atoms with E-state index in [4.69, 9.17) is 5.73 Å². The Labute approximate surface area is 94.3 Å². The van der Waals surface area contributed by atoms with Gasteiger partial charge in [-0.15, -0.1) is 0 Å². The SMILES string of the molecule is CCC1CN(c2ncncc2N)CCS1. The van der Waals surface area contributed by atoms with Crippen LogP contribution in [0.3, 0.4) is 0 Å². The monoisotopic (exact) mass is 224 g/mol. The Balaban J connectivity index is 2.13. The van der Waals surface area contributed by atoms with Crippen molar-refractivity contribution in [1.82, 2.24) is 9.97 Å². The number of rotatable bonds is 2. The van der Waals surface area contributed by atoms with Crippen LogP contribution in [-0.2, 0) is 0 Å². The maximum absolute atomic E-state index is 5.86. The standard InChI is InChI=1S/C10H16N4S/c1-2-8-6-14(3-4-15-8)10-9(11)5-12-7-13-10/h5,7-8H,2-4,6,11H2,1H3. The van der Waals surface area contributed by atoms with Gasteiger partial charge < -0.3 is 10.6 Å². The summed E-state index contributed by atoms with van der Waals surface area (Å²) in [6.45, 7) is 4.30. The number of nitrogens with two attached hydrogens (primary N) is 1. The molecule has 82 valence electrons. The van der Waals surface area contributed by atoms with E-state index in [0.717, 1.165) is 24.7 Å². The highest BCUT2D eigenvalue weighted by Crippen LogP contribution is 2.26. The van der Waals surface area contributed by atoms with Crippen molar-refractivity contribution >= 4 is 23.3 Å². The molecule has 1 aromatic rings. The number of hydrogen-bond donors (Lipinski definition) is 1. The van der Waals surface area contributed by atoms with Gasteiger partial charge in [-0.1, -0.05) is 6.92 Å². The Kier molecular flexibility index (Phi) is 3.30. The number of aromatic nitrogens is 2. The molecule has 0 aromatic carbocycles. The van der Waals surface area contributed by atoms with Crippen molar-refractivity contribution in [1.29, 1.82) is 0 Å². The summed E-state index contributed by atoms with van der Waals surface area (Å²) in [5.74, 6) is 2.05. The van der Waals surface area contributed by atoms with Gasteiger partial charge in [0.25, 0.3) is 0 Å². The minimum Gasteiger partial charge on any atom is -0.394 e. The molecule has 4 nitrogen and oxygen atoms in total. The molecule has 5 heteroatoms. The molecular weight excluding hydrogens is 208 g/mol. The van der Waals surface area contributed by atoms with Crippen molar-refractivity contribution in [3.8, 4) is 0 Å². The molecule has 0 bridgehead atoms. The van der Waals surface area contributed by atoms with E-state index >= 15 is 0 Å². The van der Waals surface area contributed by atoms with Crippen molar-refractivity contribution in [2.24, 2.45) is 0 Å². The highest BCUT2D eigenvalue weighted by atomic mass is 32.2. The van der Waals surface area contributed by atoms with E-state index in [9.17, 15) is 0 Å². The molecule has 2 heterocycles. The summed E-state index contributed by atoms with van der Waals surface area (Å²) < 4.78 is 0.